The summed E-state index contributed by atoms with van der Waals surface area (Å²) in [5.74, 6) is 2.91. The Labute approximate surface area is 181 Å². The lowest BCUT2D eigenvalue weighted by molar-refractivity contribution is 0.173. The molecule has 0 saturated carbocycles. The van der Waals surface area contributed by atoms with Crippen molar-refractivity contribution in [3.63, 3.8) is 0 Å². The second-order valence-electron chi connectivity index (χ2n) is 7.18. The van der Waals surface area contributed by atoms with Crippen molar-refractivity contribution in [3.05, 3.63) is 65.5 Å². The summed E-state index contributed by atoms with van der Waals surface area (Å²) in [6.45, 7) is 6.03. The first-order chi connectivity index (χ1) is 15.1. The summed E-state index contributed by atoms with van der Waals surface area (Å²) >= 11 is 0. The SMILES string of the molecule is CN=C(NCCOc1ccc2c(c1)OCO2)NCc1ccccc1-n1nc(C)cc1C. The van der Waals surface area contributed by atoms with Gasteiger partial charge in [0.15, 0.2) is 17.5 Å². The van der Waals surface area contributed by atoms with Gasteiger partial charge in [0.05, 0.1) is 17.9 Å². The molecule has 0 spiro atoms. The van der Waals surface area contributed by atoms with Gasteiger partial charge in [0.25, 0.3) is 0 Å². The van der Waals surface area contributed by atoms with Crippen molar-refractivity contribution in [2.75, 3.05) is 27.0 Å². The average molecular weight is 422 g/mol. The van der Waals surface area contributed by atoms with E-state index in [1.54, 1.807) is 7.05 Å². The van der Waals surface area contributed by atoms with Crippen LogP contribution in [0.1, 0.15) is 17.0 Å². The number of nitrogens with zero attached hydrogens (tertiary/aromatic N) is 3. The number of hydrogen-bond donors (Lipinski definition) is 2. The number of aromatic nitrogens is 2. The highest BCUT2D eigenvalue weighted by atomic mass is 16.7. The van der Waals surface area contributed by atoms with Gasteiger partial charge in [0.2, 0.25) is 6.79 Å². The van der Waals surface area contributed by atoms with E-state index in [4.69, 9.17) is 14.2 Å². The molecule has 0 unspecified atom stereocenters. The fourth-order valence-corrected chi connectivity index (χ4v) is 3.44. The van der Waals surface area contributed by atoms with Gasteiger partial charge < -0.3 is 24.8 Å². The molecule has 3 aromatic rings. The molecule has 8 nitrogen and oxygen atoms in total. The van der Waals surface area contributed by atoms with E-state index in [2.05, 4.69) is 45.8 Å². The van der Waals surface area contributed by atoms with Crippen molar-refractivity contribution in [1.82, 2.24) is 20.4 Å². The number of guanidine groups is 1. The minimum atomic E-state index is 0.255. The van der Waals surface area contributed by atoms with Crippen molar-refractivity contribution in [2.24, 2.45) is 4.99 Å². The lowest BCUT2D eigenvalue weighted by Crippen LogP contribution is -2.39. The molecule has 0 saturated heterocycles. The second-order valence-corrected chi connectivity index (χ2v) is 7.18. The van der Waals surface area contributed by atoms with Crippen LogP contribution in [0.3, 0.4) is 0 Å². The molecule has 0 aliphatic carbocycles. The summed E-state index contributed by atoms with van der Waals surface area (Å²) in [6.07, 6.45) is 0. The molecule has 0 atom stereocenters. The molecule has 2 aromatic carbocycles. The average Bonchev–Trinajstić information content (AvgIpc) is 3.38. The van der Waals surface area contributed by atoms with Crippen LogP contribution in [0.15, 0.2) is 53.5 Å². The molecule has 0 amide bonds. The number of rotatable bonds is 7. The maximum Gasteiger partial charge on any atom is 0.231 e. The third-order valence-electron chi connectivity index (χ3n) is 4.91. The molecule has 8 heteroatoms. The van der Waals surface area contributed by atoms with E-state index in [9.17, 15) is 0 Å². The Hall–Kier alpha value is -3.68. The molecule has 162 valence electrons. The zero-order valence-corrected chi connectivity index (χ0v) is 18.0. The summed E-state index contributed by atoms with van der Waals surface area (Å²) < 4.78 is 18.4. The molecule has 1 aliphatic rings. The molecule has 31 heavy (non-hydrogen) atoms. The van der Waals surface area contributed by atoms with E-state index in [1.807, 2.05) is 41.9 Å². The van der Waals surface area contributed by atoms with Crippen molar-refractivity contribution >= 4 is 5.96 Å². The lowest BCUT2D eigenvalue weighted by Gasteiger charge is -2.15. The predicted molar refractivity (Wildman–Crippen MR) is 119 cm³/mol. The highest BCUT2D eigenvalue weighted by Crippen LogP contribution is 2.34. The van der Waals surface area contributed by atoms with E-state index in [1.165, 1.54) is 0 Å². The van der Waals surface area contributed by atoms with Crippen LogP contribution in [0.2, 0.25) is 0 Å². The van der Waals surface area contributed by atoms with Gasteiger partial charge in [-0.1, -0.05) is 18.2 Å². The third-order valence-corrected chi connectivity index (χ3v) is 4.91. The quantitative estimate of drug-likeness (QED) is 0.347. The normalized spacial score (nSPS) is 12.7. The number of ether oxygens (including phenoxy) is 3. The van der Waals surface area contributed by atoms with E-state index in [0.717, 1.165) is 34.1 Å². The Morgan fingerprint density at radius 1 is 1.10 bits per heavy atom. The molecule has 0 fully saturated rings. The highest BCUT2D eigenvalue weighted by molar-refractivity contribution is 5.79. The molecular formula is C23H27N5O3. The van der Waals surface area contributed by atoms with Crippen molar-refractivity contribution in [2.45, 2.75) is 20.4 Å². The third kappa shape index (κ3) is 4.91. The van der Waals surface area contributed by atoms with Crippen LogP contribution in [-0.2, 0) is 6.54 Å². The van der Waals surface area contributed by atoms with Gasteiger partial charge in [-0.3, -0.25) is 4.99 Å². The van der Waals surface area contributed by atoms with E-state index < -0.39 is 0 Å². The number of aliphatic imine (C=N–C) groups is 1. The van der Waals surface area contributed by atoms with Crippen LogP contribution in [0, 0.1) is 13.8 Å². The van der Waals surface area contributed by atoms with Crippen LogP contribution >= 0.6 is 0 Å². The van der Waals surface area contributed by atoms with Gasteiger partial charge in [0.1, 0.15) is 12.4 Å². The largest absolute Gasteiger partial charge is 0.492 e. The van der Waals surface area contributed by atoms with Crippen LogP contribution in [0.4, 0.5) is 0 Å². The first-order valence-electron chi connectivity index (χ1n) is 10.2. The van der Waals surface area contributed by atoms with Crippen LogP contribution < -0.4 is 24.8 Å². The van der Waals surface area contributed by atoms with E-state index in [-0.39, 0.29) is 6.79 Å². The smallest absolute Gasteiger partial charge is 0.231 e. The first kappa shape index (κ1) is 20.6. The molecule has 1 aliphatic heterocycles. The zero-order chi connectivity index (χ0) is 21.6. The fraction of sp³-hybridized carbons (Fsp3) is 0.304. The lowest BCUT2D eigenvalue weighted by atomic mass is 10.1. The Morgan fingerprint density at radius 2 is 1.94 bits per heavy atom. The zero-order valence-electron chi connectivity index (χ0n) is 18.0. The predicted octanol–water partition coefficient (Wildman–Crippen LogP) is 2.96. The standard InChI is InChI=1S/C23H27N5O3/c1-16-12-17(2)28(27-16)20-7-5-4-6-18(20)14-26-23(24-3)25-10-11-29-19-8-9-21-22(13-19)31-15-30-21/h4-9,12-13H,10-11,14-15H2,1-3H3,(H2,24,25,26). The summed E-state index contributed by atoms with van der Waals surface area (Å²) in [6, 6.07) is 15.9. The molecule has 0 radical (unpaired) electrons. The van der Waals surface area contributed by atoms with Gasteiger partial charge in [-0.2, -0.15) is 5.10 Å². The minimum Gasteiger partial charge on any atom is -0.492 e. The monoisotopic (exact) mass is 421 g/mol. The Bertz CT molecular complexity index is 1080. The fourth-order valence-electron chi connectivity index (χ4n) is 3.44. The van der Waals surface area contributed by atoms with Gasteiger partial charge in [-0.15, -0.1) is 0 Å². The van der Waals surface area contributed by atoms with Gasteiger partial charge in [-0.05, 0) is 43.7 Å². The van der Waals surface area contributed by atoms with Crippen LogP contribution in [0.5, 0.6) is 17.2 Å². The van der Waals surface area contributed by atoms with Crippen molar-refractivity contribution in [3.8, 4) is 22.9 Å². The van der Waals surface area contributed by atoms with Crippen LogP contribution in [-0.4, -0.2) is 42.7 Å². The summed E-state index contributed by atoms with van der Waals surface area (Å²) in [5.41, 5.74) is 4.30. The topological polar surface area (TPSA) is 81.9 Å². The number of fused-ring (bicyclic) bond motifs is 1. The molecule has 0 bridgehead atoms. The molecule has 4 rings (SSSR count). The first-order valence-corrected chi connectivity index (χ1v) is 10.2. The maximum atomic E-state index is 5.79. The summed E-state index contributed by atoms with van der Waals surface area (Å²) in [4.78, 5) is 4.30. The van der Waals surface area contributed by atoms with E-state index >= 15 is 0 Å². The number of para-hydroxylation sites is 1. The Balaban J connectivity index is 1.29. The Kier molecular flexibility index (Phi) is 6.26. The molecule has 1 aromatic heterocycles. The van der Waals surface area contributed by atoms with Gasteiger partial charge in [-0.25, -0.2) is 4.68 Å². The maximum absolute atomic E-state index is 5.79. The molecule has 2 N–H and O–H groups in total. The van der Waals surface area contributed by atoms with Gasteiger partial charge in [0, 0.05) is 25.4 Å². The summed E-state index contributed by atoms with van der Waals surface area (Å²) in [5, 5.41) is 11.2. The van der Waals surface area contributed by atoms with Gasteiger partial charge >= 0.3 is 0 Å². The summed E-state index contributed by atoms with van der Waals surface area (Å²) in [7, 11) is 1.75. The number of aryl methyl sites for hydroxylation is 2. The van der Waals surface area contributed by atoms with Crippen molar-refractivity contribution < 1.29 is 14.2 Å². The highest BCUT2D eigenvalue weighted by Gasteiger charge is 2.13. The number of nitrogens with one attached hydrogen (secondary N) is 2. The minimum absolute atomic E-state index is 0.255. The second kappa shape index (κ2) is 9.42. The van der Waals surface area contributed by atoms with Crippen molar-refractivity contribution in [1.29, 1.82) is 0 Å². The number of benzene rings is 2. The van der Waals surface area contributed by atoms with E-state index in [0.29, 0.717) is 31.4 Å². The molecular weight excluding hydrogens is 394 g/mol. The molecule has 2 heterocycles. The number of hydrogen-bond acceptors (Lipinski definition) is 5. The Morgan fingerprint density at radius 3 is 2.74 bits per heavy atom. The van der Waals surface area contributed by atoms with Crippen LogP contribution in [0.25, 0.3) is 5.69 Å².